The zero-order valence-electron chi connectivity index (χ0n) is 12.0. The molecule has 4 nitrogen and oxygen atoms in total. The summed E-state index contributed by atoms with van der Waals surface area (Å²) in [5, 5.41) is 8.87. The quantitative estimate of drug-likeness (QED) is 0.721. The first-order valence-corrected chi connectivity index (χ1v) is 7.18. The van der Waals surface area contributed by atoms with Crippen molar-refractivity contribution in [2.24, 2.45) is 5.73 Å². The number of aliphatic carboxylic acids is 1. The summed E-state index contributed by atoms with van der Waals surface area (Å²) in [6.07, 6.45) is 1.01. The molecule has 0 aromatic heterocycles. The molecule has 0 heterocycles. The minimum atomic E-state index is -0.808. The van der Waals surface area contributed by atoms with Crippen LogP contribution in [0.3, 0.4) is 0 Å². The van der Waals surface area contributed by atoms with E-state index in [0.29, 0.717) is 11.5 Å². The van der Waals surface area contributed by atoms with Gasteiger partial charge in [0.25, 0.3) is 0 Å². The molecule has 0 spiro atoms. The molecule has 0 aliphatic heterocycles. The van der Waals surface area contributed by atoms with Crippen LogP contribution in [0.2, 0.25) is 0 Å². The first-order valence-electron chi connectivity index (χ1n) is 6.77. The maximum absolute atomic E-state index is 10.8. The summed E-state index contributed by atoms with van der Waals surface area (Å²) < 4.78 is 0. The largest absolute Gasteiger partial charge is 0.481 e. The van der Waals surface area contributed by atoms with E-state index in [-0.39, 0.29) is 12.5 Å². The summed E-state index contributed by atoms with van der Waals surface area (Å²) in [6.45, 7) is 5.28. The number of hydrogen-bond donors (Lipinski definition) is 2. The van der Waals surface area contributed by atoms with Crippen LogP contribution in [0.15, 0.2) is 24.3 Å². The third-order valence-electron chi connectivity index (χ3n) is 3.12. The van der Waals surface area contributed by atoms with E-state index < -0.39 is 5.97 Å². The molecule has 1 unspecified atom stereocenters. The average molecular weight is 294 g/mol. The number of carboxylic acids is 1. The zero-order valence-corrected chi connectivity index (χ0v) is 12.8. The van der Waals surface area contributed by atoms with Crippen LogP contribution in [-0.2, 0) is 4.79 Å². The molecule has 1 aromatic rings. The van der Waals surface area contributed by atoms with Gasteiger partial charge >= 0.3 is 5.97 Å². The van der Waals surface area contributed by atoms with Gasteiger partial charge in [0.15, 0.2) is 0 Å². The molecule has 1 rings (SSSR count). The van der Waals surface area contributed by atoms with Crippen LogP contribution >= 0.6 is 12.2 Å². The van der Waals surface area contributed by atoms with E-state index >= 15 is 0 Å². The fraction of sp³-hybridized carbons (Fsp3) is 0.467. The topological polar surface area (TPSA) is 66.6 Å². The number of nitrogens with two attached hydrogens (primary N) is 1. The smallest absolute Gasteiger partial charge is 0.304 e. The molecule has 0 aliphatic rings. The third kappa shape index (κ3) is 4.90. The van der Waals surface area contributed by atoms with Crippen molar-refractivity contribution >= 4 is 23.2 Å². The minimum absolute atomic E-state index is 0.0882. The monoisotopic (exact) mass is 294 g/mol. The molecule has 0 aliphatic carbocycles. The Hall–Kier alpha value is -1.46. The van der Waals surface area contributed by atoms with E-state index in [0.717, 1.165) is 24.1 Å². The van der Waals surface area contributed by atoms with Crippen molar-refractivity contribution in [1.82, 2.24) is 4.90 Å². The number of aryl methyl sites for hydroxylation is 1. The Morgan fingerprint density at radius 3 is 2.65 bits per heavy atom. The maximum Gasteiger partial charge on any atom is 0.304 e. The van der Waals surface area contributed by atoms with E-state index in [2.05, 4.69) is 6.92 Å². The van der Waals surface area contributed by atoms with Gasteiger partial charge in [-0.25, -0.2) is 0 Å². The van der Waals surface area contributed by atoms with Gasteiger partial charge in [-0.1, -0.05) is 49.0 Å². The van der Waals surface area contributed by atoms with Crippen molar-refractivity contribution in [3.63, 3.8) is 0 Å². The Labute approximate surface area is 125 Å². The SMILES string of the molecule is CCCN(CCC(=O)O)C(C(N)=S)c1cccc(C)c1. The molecule has 20 heavy (non-hydrogen) atoms. The van der Waals surface area contributed by atoms with Crippen molar-refractivity contribution in [3.8, 4) is 0 Å². The average Bonchev–Trinajstić information content (AvgIpc) is 2.35. The molecule has 0 fully saturated rings. The number of nitrogens with zero attached hydrogens (tertiary/aromatic N) is 1. The zero-order chi connectivity index (χ0) is 15.1. The fourth-order valence-corrected chi connectivity index (χ4v) is 2.58. The molecule has 1 atom stereocenters. The molecule has 0 amide bonds. The van der Waals surface area contributed by atoms with Crippen molar-refractivity contribution in [3.05, 3.63) is 35.4 Å². The Balaban J connectivity index is 3.01. The van der Waals surface area contributed by atoms with Gasteiger partial charge in [-0.2, -0.15) is 0 Å². The number of rotatable bonds is 8. The Morgan fingerprint density at radius 2 is 2.15 bits per heavy atom. The highest BCUT2D eigenvalue weighted by atomic mass is 32.1. The van der Waals surface area contributed by atoms with Crippen LogP contribution in [0, 0.1) is 6.92 Å². The lowest BCUT2D eigenvalue weighted by Gasteiger charge is -2.31. The maximum atomic E-state index is 10.8. The van der Waals surface area contributed by atoms with Crippen LogP contribution in [0.5, 0.6) is 0 Å². The van der Waals surface area contributed by atoms with E-state index in [1.807, 2.05) is 36.1 Å². The number of carbonyl (C=O) groups is 1. The number of hydrogen-bond acceptors (Lipinski definition) is 3. The van der Waals surface area contributed by atoms with Crippen molar-refractivity contribution in [2.75, 3.05) is 13.1 Å². The van der Waals surface area contributed by atoms with Crippen LogP contribution in [0.1, 0.15) is 36.9 Å². The molecular weight excluding hydrogens is 272 g/mol. The second-order valence-corrected chi connectivity index (χ2v) is 5.37. The summed E-state index contributed by atoms with van der Waals surface area (Å²) in [7, 11) is 0. The van der Waals surface area contributed by atoms with Gasteiger partial charge in [0.1, 0.15) is 0 Å². The molecular formula is C15H22N2O2S. The Bertz CT molecular complexity index is 477. The second kappa shape index (κ2) is 7.97. The van der Waals surface area contributed by atoms with Crippen molar-refractivity contribution in [1.29, 1.82) is 0 Å². The third-order valence-corrected chi connectivity index (χ3v) is 3.34. The van der Waals surface area contributed by atoms with E-state index in [1.165, 1.54) is 0 Å². The lowest BCUT2D eigenvalue weighted by molar-refractivity contribution is -0.137. The first kappa shape index (κ1) is 16.6. The van der Waals surface area contributed by atoms with E-state index in [1.54, 1.807) is 0 Å². The molecule has 0 bridgehead atoms. The summed E-state index contributed by atoms with van der Waals surface area (Å²) >= 11 is 5.20. The number of carboxylic acid groups (broad SMARTS) is 1. The molecule has 0 radical (unpaired) electrons. The Kier molecular flexibility index (Phi) is 6.61. The summed E-state index contributed by atoms with van der Waals surface area (Å²) in [5.41, 5.74) is 8.06. The molecule has 0 saturated carbocycles. The second-order valence-electron chi connectivity index (χ2n) is 4.90. The van der Waals surface area contributed by atoms with Crippen molar-refractivity contribution < 1.29 is 9.90 Å². The normalized spacial score (nSPS) is 12.3. The van der Waals surface area contributed by atoms with Gasteiger partial charge in [-0.05, 0) is 25.5 Å². The van der Waals surface area contributed by atoms with Gasteiger partial charge < -0.3 is 10.8 Å². The predicted molar refractivity (Wildman–Crippen MR) is 84.8 cm³/mol. The van der Waals surface area contributed by atoms with Crippen LogP contribution in [0.25, 0.3) is 0 Å². The van der Waals surface area contributed by atoms with Crippen LogP contribution in [0.4, 0.5) is 0 Å². The number of thiocarbonyl (C=S) groups is 1. The molecule has 3 N–H and O–H groups in total. The van der Waals surface area contributed by atoms with Crippen molar-refractivity contribution in [2.45, 2.75) is 32.7 Å². The fourth-order valence-electron chi connectivity index (χ4n) is 2.29. The lowest BCUT2D eigenvalue weighted by atomic mass is 10.0. The van der Waals surface area contributed by atoms with Gasteiger partial charge in [0.05, 0.1) is 17.5 Å². The highest BCUT2D eigenvalue weighted by molar-refractivity contribution is 7.80. The van der Waals surface area contributed by atoms with Gasteiger partial charge in [-0.3, -0.25) is 9.69 Å². The summed E-state index contributed by atoms with van der Waals surface area (Å²) in [4.78, 5) is 13.2. The predicted octanol–water partition coefficient (Wildman–Crippen LogP) is 2.51. The van der Waals surface area contributed by atoms with E-state index in [9.17, 15) is 4.79 Å². The lowest BCUT2D eigenvalue weighted by Crippen LogP contribution is -2.38. The molecule has 0 saturated heterocycles. The first-order chi connectivity index (χ1) is 9.45. The van der Waals surface area contributed by atoms with Crippen LogP contribution < -0.4 is 5.73 Å². The summed E-state index contributed by atoms with van der Waals surface area (Å²) in [5.74, 6) is -0.808. The molecule has 1 aromatic carbocycles. The van der Waals surface area contributed by atoms with Gasteiger partial charge in [0.2, 0.25) is 0 Å². The summed E-state index contributed by atoms with van der Waals surface area (Å²) in [6, 6.07) is 7.82. The van der Waals surface area contributed by atoms with Gasteiger partial charge in [0, 0.05) is 6.54 Å². The number of benzene rings is 1. The molecule has 5 heteroatoms. The highest BCUT2D eigenvalue weighted by Gasteiger charge is 2.23. The highest BCUT2D eigenvalue weighted by Crippen LogP contribution is 2.23. The van der Waals surface area contributed by atoms with E-state index in [4.69, 9.17) is 23.1 Å². The van der Waals surface area contributed by atoms with Crippen LogP contribution in [-0.4, -0.2) is 34.1 Å². The molecule has 110 valence electrons. The van der Waals surface area contributed by atoms with Gasteiger partial charge in [-0.15, -0.1) is 0 Å². The Morgan fingerprint density at radius 1 is 1.45 bits per heavy atom. The standard InChI is InChI=1S/C15H22N2O2S/c1-3-8-17(9-7-13(18)19)14(15(16)20)12-6-4-5-11(2)10-12/h4-6,10,14H,3,7-9H2,1-2H3,(H2,16,20)(H,18,19). The minimum Gasteiger partial charge on any atom is -0.481 e.